The molecular formula is C23H29N3O3S. The monoisotopic (exact) mass is 427 g/mol. The number of amides is 2. The molecule has 0 aliphatic carbocycles. The predicted octanol–water partition coefficient (Wildman–Crippen LogP) is 2.43. The Morgan fingerprint density at radius 3 is 2.57 bits per heavy atom. The van der Waals surface area contributed by atoms with E-state index in [2.05, 4.69) is 0 Å². The Morgan fingerprint density at radius 2 is 1.90 bits per heavy atom. The fourth-order valence-electron chi connectivity index (χ4n) is 3.71. The van der Waals surface area contributed by atoms with Crippen LogP contribution in [0.25, 0.3) is 0 Å². The zero-order chi connectivity index (χ0) is 21.7. The van der Waals surface area contributed by atoms with Crippen LogP contribution in [0.5, 0.6) is 0 Å². The zero-order valence-electron chi connectivity index (χ0n) is 17.9. The lowest BCUT2D eigenvalue weighted by Crippen LogP contribution is -2.41. The van der Waals surface area contributed by atoms with Crippen LogP contribution in [-0.2, 0) is 30.7 Å². The molecule has 0 radical (unpaired) electrons. The molecule has 7 heteroatoms. The van der Waals surface area contributed by atoms with Crippen LogP contribution in [0.2, 0.25) is 0 Å². The third-order valence-corrected chi connectivity index (χ3v) is 6.21. The van der Waals surface area contributed by atoms with E-state index in [0.717, 1.165) is 22.4 Å². The van der Waals surface area contributed by atoms with Gasteiger partial charge in [0.2, 0.25) is 5.91 Å². The number of carbonyl (C=O) groups is 2. The van der Waals surface area contributed by atoms with Crippen molar-refractivity contribution in [3.8, 4) is 0 Å². The lowest BCUT2D eigenvalue weighted by Gasteiger charge is -2.31. The van der Waals surface area contributed by atoms with Gasteiger partial charge in [0.1, 0.15) is 5.56 Å². The van der Waals surface area contributed by atoms with Crippen LogP contribution in [0, 0.1) is 0 Å². The minimum absolute atomic E-state index is 0.107. The molecule has 0 atom stereocenters. The minimum Gasteiger partial charge on any atom is -0.345 e. The van der Waals surface area contributed by atoms with E-state index in [0.29, 0.717) is 38.2 Å². The molecule has 2 heterocycles. The predicted molar refractivity (Wildman–Crippen MR) is 121 cm³/mol. The second-order valence-electron chi connectivity index (χ2n) is 7.64. The molecule has 30 heavy (non-hydrogen) atoms. The van der Waals surface area contributed by atoms with Gasteiger partial charge in [0, 0.05) is 39.9 Å². The maximum atomic E-state index is 13.2. The molecule has 1 aromatic heterocycles. The topological polar surface area (TPSA) is 62.6 Å². The number of aromatic nitrogens is 1. The van der Waals surface area contributed by atoms with Crippen LogP contribution in [0.1, 0.15) is 34.0 Å². The van der Waals surface area contributed by atoms with Gasteiger partial charge in [-0.25, -0.2) is 0 Å². The van der Waals surface area contributed by atoms with E-state index < -0.39 is 0 Å². The van der Waals surface area contributed by atoms with E-state index in [-0.39, 0.29) is 22.9 Å². The SMILES string of the molecule is CCSCC(=O)N1CCc2c(cn(CCc3ccccc3)c(=O)c2C(=O)N(C)C)C1. The van der Waals surface area contributed by atoms with Crippen molar-refractivity contribution in [2.45, 2.75) is 32.9 Å². The Balaban J connectivity index is 1.94. The number of aryl methyl sites for hydroxylation is 2. The summed E-state index contributed by atoms with van der Waals surface area (Å²) in [6.45, 7) is 3.51. The van der Waals surface area contributed by atoms with E-state index >= 15 is 0 Å². The van der Waals surface area contributed by atoms with Crippen LogP contribution in [0.3, 0.4) is 0 Å². The van der Waals surface area contributed by atoms with Gasteiger partial charge in [0.15, 0.2) is 0 Å². The van der Waals surface area contributed by atoms with Crippen molar-refractivity contribution in [2.24, 2.45) is 0 Å². The van der Waals surface area contributed by atoms with Crippen molar-refractivity contribution >= 4 is 23.6 Å². The van der Waals surface area contributed by atoms with Crippen LogP contribution in [0.4, 0.5) is 0 Å². The highest BCUT2D eigenvalue weighted by Crippen LogP contribution is 2.22. The summed E-state index contributed by atoms with van der Waals surface area (Å²) in [5, 5.41) is 0. The summed E-state index contributed by atoms with van der Waals surface area (Å²) in [7, 11) is 3.33. The Bertz CT molecular complexity index is 970. The number of fused-ring (bicyclic) bond motifs is 1. The second kappa shape index (κ2) is 9.98. The van der Waals surface area contributed by atoms with E-state index in [1.165, 1.54) is 4.90 Å². The van der Waals surface area contributed by atoms with E-state index in [1.807, 2.05) is 48.4 Å². The van der Waals surface area contributed by atoms with Crippen molar-refractivity contribution in [2.75, 3.05) is 32.1 Å². The number of pyridine rings is 1. The van der Waals surface area contributed by atoms with Crippen LogP contribution >= 0.6 is 11.8 Å². The van der Waals surface area contributed by atoms with Gasteiger partial charge >= 0.3 is 0 Å². The van der Waals surface area contributed by atoms with Gasteiger partial charge in [-0.15, -0.1) is 0 Å². The number of thioether (sulfide) groups is 1. The van der Waals surface area contributed by atoms with Gasteiger partial charge in [-0.05, 0) is 35.3 Å². The first kappa shape index (κ1) is 22.2. The van der Waals surface area contributed by atoms with Gasteiger partial charge in [-0.1, -0.05) is 37.3 Å². The first-order chi connectivity index (χ1) is 14.4. The molecule has 6 nitrogen and oxygen atoms in total. The Kier molecular flexibility index (Phi) is 7.37. The molecule has 160 valence electrons. The fourth-order valence-corrected chi connectivity index (χ4v) is 4.27. The van der Waals surface area contributed by atoms with E-state index in [9.17, 15) is 14.4 Å². The summed E-state index contributed by atoms with van der Waals surface area (Å²) in [5.74, 6) is 1.20. The van der Waals surface area contributed by atoms with Gasteiger partial charge in [0.25, 0.3) is 11.5 Å². The lowest BCUT2D eigenvalue weighted by atomic mass is 9.95. The quantitative estimate of drug-likeness (QED) is 0.681. The molecule has 1 aliphatic rings. The second-order valence-corrected chi connectivity index (χ2v) is 8.92. The van der Waals surface area contributed by atoms with Gasteiger partial charge < -0.3 is 14.4 Å². The molecule has 1 aromatic carbocycles. The van der Waals surface area contributed by atoms with Crippen molar-refractivity contribution in [3.63, 3.8) is 0 Å². The van der Waals surface area contributed by atoms with Gasteiger partial charge in [-0.3, -0.25) is 14.4 Å². The largest absolute Gasteiger partial charge is 0.345 e. The Labute approximate surface area is 181 Å². The number of rotatable bonds is 7. The minimum atomic E-state index is -0.272. The summed E-state index contributed by atoms with van der Waals surface area (Å²) in [5.41, 5.74) is 2.83. The maximum absolute atomic E-state index is 13.2. The van der Waals surface area contributed by atoms with Crippen LogP contribution in [-0.4, -0.2) is 58.3 Å². The lowest BCUT2D eigenvalue weighted by molar-refractivity contribution is -0.129. The first-order valence-electron chi connectivity index (χ1n) is 10.3. The first-order valence-corrected chi connectivity index (χ1v) is 11.4. The van der Waals surface area contributed by atoms with E-state index in [4.69, 9.17) is 0 Å². The smallest absolute Gasteiger partial charge is 0.263 e. The number of carbonyl (C=O) groups excluding carboxylic acids is 2. The van der Waals surface area contributed by atoms with Crippen molar-refractivity contribution < 1.29 is 9.59 Å². The van der Waals surface area contributed by atoms with Crippen molar-refractivity contribution in [1.82, 2.24) is 14.4 Å². The standard InChI is InChI=1S/C23H29N3O3S/c1-4-30-16-20(27)25-13-11-19-18(14-25)15-26(12-10-17-8-6-5-7-9-17)23(29)21(19)22(28)24(2)3/h5-9,15H,4,10-14,16H2,1-3H3. The maximum Gasteiger partial charge on any atom is 0.263 e. The number of hydrogen-bond acceptors (Lipinski definition) is 4. The number of nitrogens with zero attached hydrogens (tertiary/aromatic N) is 3. The highest BCUT2D eigenvalue weighted by atomic mass is 32.2. The van der Waals surface area contributed by atoms with Crippen molar-refractivity contribution in [1.29, 1.82) is 0 Å². The number of benzene rings is 1. The molecule has 0 unspecified atom stereocenters. The van der Waals surface area contributed by atoms with Crippen molar-refractivity contribution in [3.05, 3.63) is 69.1 Å². The molecule has 0 spiro atoms. The summed E-state index contributed by atoms with van der Waals surface area (Å²) in [6.07, 6.45) is 3.08. The molecule has 2 aromatic rings. The molecular weight excluding hydrogens is 398 g/mol. The molecule has 0 N–H and O–H groups in total. The van der Waals surface area contributed by atoms with Gasteiger partial charge in [0.05, 0.1) is 5.75 Å². The van der Waals surface area contributed by atoms with Gasteiger partial charge in [-0.2, -0.15) is 11.8 Å². The molecule has 3 rings (SSSR count). The Hall–Kier alpha value is -2.54. The van der Waals surface area contributed by atoms with Crippen LogP contribution < -0.4 is 5.56 Å². The molecule has 1 aliphatic heterocycles. The molecule has 0 fully saturated rings. The third kappa shape index (κ3) is 4.95. The zero-order valence-corrected chi connectivity index (χ0v) is 18.7. The summed E-state index contributed by atoms with van der Waals surface area (Å²) in [6, 6.07) is 9.97. The van der Waals surface area contributed by atoms with E-state index in [1.54, 1.807) is 30.4 Å². The molecule has 0 saturated carbocycles. The third-order valence-electron chi connectivity index (χ3n) is 5.36. The summed E-state index contributed by atoms with van der Waals surface area (Å²) >= 11 is 1.61. The molecule has 2 amide bonds. The summed E-state index contributed by atoms with van der Waals surface area (Å²) < 4.78 is 1.64. The normalized spacial score (nSPS) is 13.1. The average molecular weight is 428 g/mol. The highest BCUT2D eigenvalue weighted by molar-refractivity contribution is 7.99. The highest BCUT2D eigenvalue weighted by Gasteiger charge is 2.28. The Morgan fingerprint density at radius 1 is 1.17 bits per heavy atom. The number of hydrogen-bond donors (Lipinski definition) is 0. The summed E-state index contributed by atoms with van der Waals surface area (Å²) in [4.78, 5) is 41.8. The molecule has 0 saturated heterocycles. The molecule has 0 bridgehead atoms. The fraction of sp³-hybridized carbons (Fsp3) is 0.435. The average Bonchev–Trinajstić information content (AvgIpc) is 2.76. The van der Waals surface area contributed by atoms with Crippen LogP contribution in [0.15, 0.2) is 41.3 Å².